The van der Waals surface area contributed by atoms with Crippen molar-refractivity contribution in [3.05, 3.63) is 66.6 Å². The summed E-state index contributed by atoms with van der Waals surface area (Å²) in [5, 5.41) is 8.48. The summed E-state index contributed by atoms with van der Waals surface area (Å²) in [6, 6.07) is 14.9. The number of pyridine rings is 1. The Balaban J connectivity index is 1.56. The molecule has 1 saturated heterocycles. The summed E-state index contributed by atoms with van der Waals surface area (Å²) in [4.78, 5) is 6.71. The molecule has 0 unspecified atom stereocenters. The molecule has 5 heteroatoms. The lowest BCUT2D eigenvalue weighted by Crippen LogP contribution is -2.35. The zero-order chi connectivity index (χ0) is 17.8. The van der Waals surface area contributed by atoms with Gasteiger partial charge in [0.2, 0.25) is 0 Å². The summed E-state index contributed by atoms with van der Waals surface area (Å²) in [5.74, 6) is 0. The second-order valence-corrected chi connectivity index (χ2v) is 6.93. The third kappa shape index (κ3) is 3.69. The van der Waals surface area contributed by atoms with Gasteiger partial charge in [0, 0.05) is 48.8 Å². The van der Waals surface area contributed by atoms with Crippen LogP contribution < -0.4 is 5.32 Å². The molecule has 1 aromatic carbocycles. The molecule has 0 bridgehead atoms. The van der Waals surface area contributed by atoms with Gasteiger partial charge in [0.25, 0.3) is 0 Å². The van der Waals surface area contributed by atoms with Crippen LogP contribution in [0.15, 0.2) is 61.1 Å². The highest BCUT2D eigenvalue weighted by atomic mass is 15.3. The zero-order valence-electron chi connectivity index (χ0n) is 15.2. The fourth-order valence-corrected chi connectivity index (χ4v) is 3.61. The molecule has 4 rings (SSSR count). The first kappa shape index (κ1) is 16.9. The fourth-order valence-electron chi connectivity index (χ4n) is 3.61. The van der Waals surface area contributed by atoms with Crippen molar-refractivity contribution in [1.82, 2.24) is 25.0 Å². The molecule has 1 N–H and O–H groups in total. The van der Waals surface area contributed by atoms with Crippen LogP contribution in [0.4, 0.5) is 0 Å². The molecule has 26 heavy (non-hydrogen) atoms. The van der Waals surface area contributed by atoms with Gasteiger partial charge in [0.15, 0.2) is 0 Å². The number of hydrogen-bond acceptors (Lipinski definition) is 4. The Kier molecular flexibility index (Phi) is 5.09. The van der Waals surface area contributed by atoms with Gasteiger partial charge in [-0.3, -0.25) is 4.98 Å². The Morgan fingerprint density at radius 3 is 2.77 bits per heavy atom. The van der Waals surface area contributed by atoms with E-state index in [-0.39, 0.29) is 0 Å². The Hall–Kier alpha value is -2.50. The number of para-hydroxylation sites is 1. The van der Waals surface area contributed by atoms with Gasteiger partial charge in [-0.25, -0.2) is 4.68 Å². The number of benzene rings is 1. The van der Waals surface area contributed by atoms with E-state index in [1.165, 1.54) is 24.9 Å². The summed E-state index contributed by atoms with van der Waals surface area (Å²) >= 11 is 0. The van der Waals surface area contributed by atoms with Crippen LogP contribution in [0, 0.1) is 0 Å². The topological polar surface area (TPSA) is 46.0 Å². The Morgan fingerprint density at radius 1 is 1.15 bits per heavy atom. The Bertz CT molecular complexity index is 828. The number of likely N-dealkylation sites (tertiary alicyclic amines) is 1. The zero-order valence-corrected chi connectivity index (χ0v) is 15.2. The van der Waals surface area contributed by atoms with Crippen LogP contribution in [0.25, 0.3) is 16.9 Å². The lowest BCUT2D eigenvalue weighted by Gasteiger charge is -2.19. The van der Waals surface area contributed by atoms with Gasteiger partial charge in [0.1, 0.15) is 0 Å². The van der Waals surface area contributed by atoms with Gasteiger partial charge in [-0.15, -0.1) is 0 Å². The number of aromatic nitrogens is 3. The molecule has 0 spiro atoms. The van der Waals surface area contributed by atoms with Crippen molar-refractivity contribution in [1.29, 1.82) is 0 Å². The molecule has 3 aromatic rings. The van der Waals surface area contributed by atoms with E-state index in [1.54, 1.807) is 6.20 Å². The van der Waals surface area contributed by atoms with Crippen LogP contribution >= 0.6 is 0 Å². The number of nitrogens with one attached hydrogen (secondary N) is 1. The molecule has 2 aromatic heterocycles. The monoisotopic (exact) mass is 347 g/mol. The lowest BCUT2D eigenvalue weighted by molar-refractivity contribution is 0.300. The molecule has 1 aliphatic rings. The molecule has 0 aliphatic carbocycles. The molecular weight excluding hydrogens is 322 g/mol. The van der Waals surface area contributed by atoms with Crippen LogP contribution in [0.3, 0.4) is 0 Å². The van der Waals surface area contributed by atoms with Crippen LogP contribution in [0.2, 0.25) is 0 Å². The van der Waals surface area contributed by atoms with E-state index in [1.807, 2.05) is 35.1 Å². The highest BCUT2D eigenvalue weighted by molar-refractivity contribution is 5.62. The van der Waals surface area contributed by atoms with Crippen molar-refractivity contribution in [2.45, 2.75) is 25.4 Å². The SMILES string of the molecule is CN1CCC[C@H]1CNCc1cn(-c2ccccc2)nc1-c1cccnc1. The minimum atomic E-state index is 0.640. The third-order valence-electron chi connectivity index (χ3n) is 5.11. The Labute approximate surface area is 154 Å². The van der Waals surface area contributed by atoms with Crippen molar-refractivity contribution >= 4 is 0 Å². The van der Waals surface area contributed by atoms with E-state index in [4.69, 9.17) is 5.10 Å². The van der Waals surface area contributed by atoms with E-state index >= 15 is 0 Å². The summed E-state index contributed by atoms with van der Waals surface area (Å²) in [7, 11) is 2.22. The molecule has 0 saturated carbocycles. The van der Waals surface area contributed by atoms with Crippen LogP contribution in [0.5, 0.6) is 0 Å². The van der Waals surface area contributed by atoms with Crippen LogP contribution in [-0.2, 0) is 6.54 Å². The molecule has 5 nitrogen and oxygen atoms in total. The average Bonchev–Trinajstić information content (AvgIpc) is 3.30. The van der Waals surface area contributed by atoms with Crippen molar-refractivity contribution in [2.75, 3.05) is 20.1 Å². The molecule has 3 heterocycles. The van der Waals surface area contributed by atoms with Gasteiger partial charge in [-0.1, -0.05) is 18.2 Å². The van der Waals surface area contributed by atoms with Gasteiger partial charge < -0.3 is 10.2 Å². The summed E-state index contributed by atoms with van der Waals surface area (Å²) in [5.41, 5.74) is 4.31. The predicted molar refractivity (Wildman–Crippen MR) is 104 cm³/mol. The summed E-state index contributed by atoms with van der Waals surface area (Å²) < 4.78 is 1.96. The second kappa shape index (κ2) is 7.81. The molecule has 134 valence electrons. The largest absolute Gasteiger partial charge is 0.311 e. The number of nitrogens with zero attached hydrogens (tertiary/aromatic N) is 4. The average molecular weight is 347 g/mol. The minimum absolute atomic E-state index is 0.640. The number of likely N-dealkylation sites (N-methyl/N-ethyl adjacent to an activating group) is 1. The summed E-state index contributed by atoms with van der Waals surface area (Å²) in [6.07, 6.45) is 8.39. The maximum Gasteiger partial charge on any atom is 0.0988 e. The standard InChI is InChI=1S/C21H25N5/c1-25-12-6-10-20(25)15-23-14-18-16-26(19-8-3-2-4-9-19)24-21(18)17-7-5-11-22-13-17/h2-5,7-9,11,13,16,20,23H,6,10,12,14-15H2,1H3/t20-/m0/s1. The second-order valence-electron chi connectivity index (χ2n) is 6.93. The molecule has 0 amide bonds. The van der Waals surface area contributed by atoms with Crippen molar-refractivity contribution in [3.63, 3.8) is 0 Å². The normalized spacial score (nSPS) is 17.7. The minimum Gasteiger partial charge on any atom is -0.311 e. The third-order valence-corrected chi connectivity index (χ3v) is 5.11. The first-order chi connectivity index (χ1) is 12.8. The van der Waals surface area contributed by atoms with Crippen molar-refractivity contribution in [2.24, 2.45) is 0 Å². The molecule has 1 aliphatic heterocycles. The van der Waals surface area contributed by atoms with Crippen molar-refractivity contribution < 1.29 is 0 Å². The smallest absolute Gasteiger partial charge is 0.0988 e. The number of rotatable bonds is 6. The van der Waals surface area contributed by atoms with Gasteiger partial charge in [-0.05, 0) is 50.7 Å². The van der Waals surface area contributed by atoms with Gasteiger partial charge >= 0.3 is 0 Å². The maximum atomic E-state index is 4.84. The van der Waals surface area contributed by atoms with E-state index < -0.39 is 0 Å². The van der Waals surface area contributed by atoms with E-state index in [9.17, 15) is 0 Å². The Morgan fingerprint density at radius 2 is 2.04 bits per heavy atom. The molecular formula is C21H25N5. The highest BCUT2D eigenvalue weighted by Crippen LogP contribution is 2.23. The highest BCUT2D eigenvalue weighted by Gasteiger charge is 2.20. The van der Waals surface area contributed by atoms with E-state index in [0.29, 0.717) is 6.04 Å². The van der Waals surface area contributed by atoms with E-state index in [0.717, 1.165) is 30.0 Å². The van der Waals surface area contributed by atoms with Gasteiger partial charge in [-0.2, -0.15) is 5.10 Å². The quantitative estimate of drug-likeness (QED) is 0.744. The predicted octanol–water partition coefficient (Wildman–Crippen LogP) is 3.12. The summed E-state index contributed by atoms with van der Waals surface area (Å²) in [6.45, 7) is 3.03. The first-order valence-corrected chi connectivity index (χ1v) is 9.26. The fraction of sp³-hybridized carbons (Fsp3) is 0.333. The van der Waals surface area contributed by atoms with E-state index in [2.05, 4.69) is 46.6 Å². The molecule has 1 atom stereocenters. The number of hydrogen-bond donors (Lipinski definition) is 1. The molecule has 1 fully saturated rings. The molecule has 0 radical (unpaired) electrons. The van der Waals surface area contributed by atoms with Gasteiger partial charge in [0.05, 0.1) is 11.4 Å². The van der Waals surface area contributed by atoms with Crippen LogP contribution in [0.1, 0.15) is 18.4 Å². The first-order valence-electron chi connectivity index (χ1n) is 9.26. The van der Waals surface area contributed by atoms with Crippen molar-refractivity contribution in [3.8, 4) is 16.9 Å². The van der Waals surface area contributed by atoms with Crippen LogP contribution in [-0.4, -0.2) is 45.8 Å². The maximum absolute atomic E-state index is 4.84. The lowest BCUT2D eigenvalue weighted by atomic mass is 10.1.